The monoisotopic (exact) mass is 229 g/mol. The predicted molar refractivity (Wildman–Crippen MR) is 63.1 cm³/mol. The maximum absolute atomic E-state index is 11.6. The number of aromatic nitrogens is 1. The number of ketones is 1. The van der Waals surface area contributed by atoms with E-state index >= 15 is 0 Å². The molecule has 0 aliphatic carbocycles. The second kappa shape index (κ2) is 4.33. The van der Waals surface area contributed by atoms with Gasteiger partial charge in [-0.3, -0.25) is 4.79 Å². The second-order valence-corrected chi connectivity index (χ2v) is 3.62. The van der Waals surface area contributed by atoms with Crippen molar-refractivity contribution in [1.82, 2.24) is 4.98 Å². The van der Waals surface area contributed by atoms with Gasteiger partial charge in [0.1, 0.15) is 5.69 Å². The van der Waals surface area contributed by atoms with E-state index in [2.05, 4.69) is 4.98 Å². The van der Waals surface area contributed by atoms with E-state index in [4.69, 9.17) is 4.74 Å². The summed E-state index contributed by atoms with van der Waals surface area (Å²) >= 11 is 0. The standard InChI is InChI=1S/C13H11NO3/c1-8(15)12-7-10(13(16)17-2)9-5-3-4-6-11(9)14-12/h3-7H,1-2H3. The Kier molecular flexibility index (Phi) is 2.87. The van der Waals surface area contributed by atoms with Crippen molar-refractivity contribution in [2.45, 2.75) is 6.92 Å². The molecule has 0 spiro atoms. The molecule has 1 aromatic carbocycles. The van der Waals surface area contributed by atoms with Crippen LogP contribution >= 0.6 is 0 Å². The summed E-state index contributed by atoms with van der Waals surface area (Å²) in [4.78, 5) is 27.2. The van der Waals surface area contributed by atoms with Crippen LogP contribution in [0.2, 0.25) is 0 Å². The van der Waals surface area contributed by atoms with Crippen LogP contribution in [0.15, 0.2) is 30.3 Å². The number of Topliss-reactive ketones (excluding diaryl/α,β-unsaturated/α-hetero) is 1. The van der Waals surface area contributed by atoms with Gasteiger partial charge in [-0.25, -0.2) is 9.78 Å². The molecule has 0 aliphatic heterocycles. The summed E-state index contributed by atoms with van der Waals surface area (Å²) in [7, 11) is 1.31. The van der Waals surface area contributed by atoms with Crippen molar-refractivity contribution in [3.8, 4) is 0 Å². The number of carbonyl (C=O) groups excluding carboxylic acids is 2. The van der Waals surface area contributed by atoms with Crippen LogP contribution in [0, 0.1) is 0 Å². The molecular weight excluding hydrogens is 218 g/mol. The lowest BCUT2D eigenvalue weighted by atomic mass is 10.1. The van der Waals surface area contributed by atoms with E-state index in [9.17, 15) is 9.59 Å². The van der Waals surface area contributed by atoms with Crippen LogP contribution in [0.1, 0.15) is 27.8 Å². The fourth-order valence-electron chi connectivity index (χ4n) is 1.63. The predicted octanol–water partition coefficient (Wildman–Crippen LogP) is 2.22. The Hall–Kier alpha value is -2.23. The molecule has 1 aromatic heterocycles. The molecule has 2 rings (SSSR count). The third-order valence-electron chi connectivity index (χ3n) is 2.48. The number of para-hydroxylation sites is 1. The van der Waals surface area contributed by atoms with Crippen molar-refractivity contribution in [3.63, 3.8) is 0 Å². The lowest BCUT2D eigenvalue weighted by Crippen LogP contribution is -2.06. The third-order valence-corrected chi connectivity index (χ3v) is 2.48. The Balaban J connectivity index is 2.78. The van der Waals surface area contributed by atoms with Crippen LogP contribution in [0.25, 0.3) is 10.9 Å². The Morgan fingerprint density at radius 3 is 2.59 bits per heavy atom. The smallest absolute Gasteiger partial charge is 0.338 e. The van der Waals surface area contributed by atoms with Gasteiger partial charge in [-0.2, -0.15) is 0 Å². The number of methoxy groups -OCH3 is 1. The zero-order valence-corrected chi connectivity index (χ0v) is 9.56. The van der Waals surface area contributed by atoms with Crippen molar-refractivity contribution in [2.24, 2.45) is 0 Å². The Morgan fingerprint density at radius 2 is 1.94 bits per heavy atom. The average Bonchev–Trinajstić information content (AvgIpc) is 2.36. The van der Waals surface area contributed by atoms with E-state index < -0.39 is 5.97 Å². The molecule has 0 unspecified atom stereocenters. The summed E-state index contributed by atoms with van der Waals surface area (Å²) in [5.74, 6) is -0.646. The van der Waals surface area contributed by atoms with E-state index in [0.29, 0.717) is 16.5 Å². The fraction of sp³-hybridized carbons (Fsp3) is 0.154. The highest BCUT2D eigenvalue weighted by Gasteiger charge is 2.14. The van der Waals surface area contributed by atoms with Crippen LogP contribution in [-0.4, -0.2) is 23.8 Å². The lowest BCUT2D eigenvalue weighted by molar-refractivity contribution is 0.0603. The highest BCUT2D eigenvalue weighted by atomic mass is 16.5. The number of nitrogens with zero attached hydrogens (tertiary/aromatic N) is 1. The van der Waals surface area contributed by atoms with E-state index in [1.807, 2.05) is 6.07 Å². The number of ether oxygens (including phenoxy) is 1. The third kappa shape index (κ3) is 2.01. The molecule has 0 bridgehead atoms. The topological polar surface area (TPSA) is 56.3 Å². The van der Waals surface area contributed by atoms with Crippen molar-refractivity contribution >= 4 is 22.7 Å². The molecule has 4 nitrogen and oxygen atoms in total. The zero-order chi connectivity index (χ0) is 12.4. The molecular formula is C13H11NO3. The number of rotatable bonds is 2. The van der Waals surface area contributed by atoms with Gasteiger partial charge in [0, 0.05) is 12.3 Å². The highest BCUT2D eigenvalue weighted by Crippen LogP contribution is 2.19. The largest absolute Gasteiger partial charge is 0.465 e. The van der Waals surface area contributed by atoms with Gasteiger partial charge in [0.15, 0.2) is 5.78 Å². The maximum atomic E-state index is 11.6. The summed E-state index contributed by atoms with van der Waals surface area (Å²) in [6.07, 6.45) is 0. The van der Waals surface area contributed by atoms with Crippen molar-refractivity contribution in [3.05, 3.63) is 41.6 Å². The van der Waals surface area contributed by atoms with Gasteiger partial charge in [0.05, 0.1) is 18.2 Å². The molecule has 0 radical (unpaired) electrons. The maximum Gasteiger partial charge on any atom is 0.338 e. The second-order valence-electron chi connectivity index (χ2n) is 3.62. The van der Waals surface area contributed by atoms with E-state index in [1.165, 1.54) is 20.1 Å². The van der Waals surface area contributed by atoms with Gasteiger partial charge < -0.3 is 4.74 Å². The number of hydrogen-bond acceptors (Lipinski definition) is 4. The summed E-state index contributed by atoms with van der Waals surface area (Å²) in [6.45, 7) is 1.41. The molecule has 4 heteroatoms. The van der Waals surface area contributed by atoms with Crippen LogP contribution in [-0.2, 0) is 4.74 Å². The van der Waals surface area contributed by atoms with E-state index in [-0.39, 0.29) is 11.5 Å². The summed E-state index contributed by atoms with van der Waals surface area (Å²) in [5, 5.41) is 0.685. The molecule has 0 aliphatic rings. The fourth-order valence-corrected chi connectivity index (χ4v) is 1.63. The SMILES string of the molecule is COC(=O)c1cc(C(C)=O)nc2ccccc12. The molecule has 0 N–H and O–H groups in total. The van der Waals surface area contributed by atoms with E-state index in [1.54, 1.807) is 18.2 Å². The number of hydrogen-bond donors (Lipinski definition) is 0. The molecule has 0 fully saturated rings. The van der Waals surface area contributed by atoms with Crippen molar-refractivity contribution < 1.29 is 14.3 Å². The van der Waals surface area contributed by atoms with Crippen LogP contribution in [0.4, 0.5) is 0 Å². The molecule has 86 valence electrons. The molecule has 0 amide bonds. The zero-order valence-electron chi connectivity index (χ0n) is 9.56. The molecule has 0 saturated carbocycles. The quantitative estimate of drug-likeness (QED) is 0.585. The first-order valence-corrected chi connectivity index (χ1v) is 5.12. The van der Waals surface area contributed by atoms with Gasteiger partial charge in [-0.05, 0) is 12.1 Å². The Morgan fingerprint density at radius 1 is 1.24 bits per heavy atom. The van der Waals surface area contributed by atoms with Gasteiger partial charge >= 0.3 is 5.97 Å². The van der Waals surface area contributed by atoms with Gasteiger partial charge in [-0.1, -0.05) is 18.2 Å². The summed E-state index contributed by atoms with van der Waals surface area (Å²) in [6, 6.07) is 8.62. The molecule has 0 atom stereocenters. The number of benzene rings is 1. The van der Waals surface area contributed by atoms with Crippen LogP contribution in [0.5, 0.6) is 0 Å². The molecule has 0 saturated heterocycles. The average molecular weight is 229 g/mol. The molecule has 2 aromatic rings. The summed E-state index contributed by atoms with van der Waals surface area (Å²) in [5.41, 5.74) is 1.24. The Labute approximate surface area is 98.2 Å². The Bertz CT molecular complexity index is 605. The van der Waals surface area contributed by atoms with Gasteiger partial charge in [0.25, 0.3) is 0 Å². The van der Waals surface area contributed by atoms with Gasteiger partial charge in [0.2, 0.25) is 0 Å². The van der Waals surface area contributed by atoms with Gasteiger partial charge in [-0.15, -0.1) is 0 Å². The molecule has 17 heavy (non-hydrogen) atoms. The highest BCUT2D eigenvalue weighted by molar-refractivity contribution is 6.06. The summed E-state index contributed by atoms with van der Waals surface area (Å²) < 4.78 is 4.70. The van der Waals surface area contributed by atoms with Crippen LogP contribution in [0.3, 0.4) is 0 Å². The van der Waals surface area contributed by atoms with Crippen molar-refractivity contribution in [1.29, 1.82) is 0 Å². The minimum atomic E-state index is -0.467. The first-order valence-electron chi connectivity index (χ1n) is 5.12. The van der Waals surface area contributed by atoms with E-state index in [0.717, 1.165) is 0 Å². The molecule has 1 heterocycles. The normalized spacial score (nSPS) is 10.2. The number of fused-ring (bicyclic) bond motifs is 1. The lowest BCUT2D eigenvalue weighted by Gasteiger charge is -2.06. The number of carbonyl (C=O) groups is 2. The number of pyridine rings is 1. The van der Waals surface area contributed by atoms with Crippen LogP contribution < -0.4 is 0 Å². The first kappa shape index (κ1) is 11.3. The number of esters is 1. The first-order chi connectivity index (χ1) is 8.13. The van der Waals surface area contributed by atoms with Crippen molar-refractivity contribution in [2.75, 3.05) is 7.11 Å². The minimum Gasteiger partial charge on any atom is -0.465 e. The minimum absolute atomic E-state index is 0.180.